The first-order valence-corrected chi connectivity index (χ1v) is 5.66. The summed E-state index contributed by atoms with van der Waals surface area (Å²) in [6, 6.07) is 3.37. The van der Waals surface area contributed by atoms with E-state index in [1.807, 2.05) is 6.92 Å². The smallest absolute Gasteiger partial charge is 0.340 e. The number of aryl methyl sites for hydroxylation is 1. The summed E-state index contributed by atoms with van der Waals surface area (Å²) < 4.78 is 4.80. The van der Waals surface area contributed by atoms with Gasteiger partial charge in [0.1, 0.15) is 5.75 Å². The van der Waals surface area contributed by atoms with E-state index in [0.29, 0.717) is 23.1 Å². The molecule has 5 heteroatoms. The molecule has 0 unspecified atom stereocenters. The summed E-state index contributed by atoms with van der Waals surface area (Å²) in [4.78, 5) is 15.0. The minimum atomic E-state index is -0.401. The summed E-state index contributed by atoms with van der Waals surface area (Å²) in [5.41, 5.74) is 2.73. The Kier molecular flexibility index (Phi) is 3.25. The Morgan fingerprint density at radius 1 is 1.50 bits per heavy atom. The van der Waals surface area contributed by atoms with E-state index >= 15 is 0 Å². The number of hydrogen-bond acceptors (Lipinski definition) is 4. The molecule has 1 heterocycles. The summed E-state index contributed by atoms with van der Waals surface area (Å²) in [7, 11) is 3.14. The molecule has 0 aliphatic carbocycles. The van der Waals surface area contributed by atoms with E-state index in [0.717, 1.165) is 11.2 Å². The number of aromatic amines is 1. The van der Waals surface area contributed by atoms with Crippen molar-refractivity contribution in [3.05, 3.63) is 29.0 Å². The number of hydrogen-bond donors (Lipinski definition) is 3. The Bertz CT molecular complexity index is 602. The number of esters is 1. The number of phenols is 1. The lowest BCUT2D eigenvalue weighted by atomic mass is 10.0. The van der Waals surface area contributed by atoms with E-state index in [2.05, 4.69) is 10.3 Å². The van der Waals surface area contributed by atoms with Crippen LogP contribution in [0.4, 0.5) is 0 Å². The SMILES string of the molecule is CNCc1c(O)ccc2[nH]c(C)c(C(=O)OC)c12. The quantitative estimate of drug-likeness (QED) is 0.723. The second kappa shape index (κ2) is 4.70. The van der Waals surface area contributed by atoms with Gasteiger partial charge in [-0.1, -0.05) is 0 Å². The van der Waals surface area contributed by atoms with Gasteiger partial charge in [-0.3, -0.25) is 0 Å². The zero-order chi connectivity index (χ0) is 13.3. The van der Waals surface area contributed by atoms with E-state index in [4.69, 9.17) is 4.74 Å². The van der Waals surface area contributed by atoms with Crippen molar-refractivity contribution in [2.75, 3.05) is 14.2 Å². The van der Waals surface area contributed by atoms with Crippen LogP contribution in [0.2, 0.25) is 0 Å². The lowest BCUT2D eigenvalue weighted by Gasteiger charge is -2.07. The Morgan fingerprint density at radius 3 is 2.83 bits per heavy atom. The van der Waals surface area contributed by atoms with Gasteiger partial charge in [-0.05, 0) is 26.1 Å². The van der Waals surface area contributed by atoms with Crippen LogP contribution in [0.1, 0.15) is 21.6 Å². The number of nitrogens with one attached hydrogen (secondary N) is 2. The number of rotatable bonds is 3. The molecule has 0 fully saturated rings. The number of fused-ring (bicyclic) bond motifs is 1. The largest absolute Gasteiger partial charge is 0.508 e. The number of phenolic OH excluding ortho intramolecular Hbond substituents is 1. The fraction of sp³-hybridized carbons (Fsp3) is 0.308. The van der Waals surface area contributed by atoms with Gasteiger partial charge in [-0.15, -0.1) is 0 Å². The maximum absolute atomic E-state index is 11.8. The second-order valence-electron chi connectivity index (χ2n) is 4.13. The zero-order valence-corrected chi connectivity index (χ0v) is 10.6. The number of aromatic nitrogens is 1. The van der Waals surface area contributed by atoms with Crippen LogP contribution in [-0.2, 0) is 11.3 Å². The van der Waals surface area contributed by atoms with Gasteiger partial charge in [-0.25, -0.2) is 4.79 Å². The molecule has 0 atom stereocenters. The standard InChI is InChI=1S/C13H16N2O3/c1-7-11(13(17)18-3)12-8(6-14-2)10(16)5-4-9(12)15-7/h4-5,14-16H,6H2,1-3H3. The molecule has 0 aliphatic rings. The lowest BCUT2D eigenvalue weighted by molar-refractivity contribution is 0.0602. The molecule has 0 radical (unpaired) electrons. The highest BCUT2D eigenvalue weighted by atomic mass is 16.5. The van der Waals surface area contributed by atoms with Gasteiger partial charge in [0.15, 0.2) is 0 Å². The molecule has 0 bridgehead atoms. The Morgan fingerprint density at radius 2 is 2.22 bits per heavy atom. The lowest BCUT2D eigenvalue weighted by Crippen LogP contribution is -2.08. The van der Waals surface area contributed by atoms with Gasteiger partial charge in [0.05, 0.1) is 12.7 Å². The number of aromatic hydroxyl groups is 1. The average molecular weight is 248 g/mol. The van der Waals surface area contributed by atoms with E-state index in [1.165, 1.54) is 7.11 Å². The monoisotopic (exact) mass is 248 g/mol. The number of benzene rings is 1. The molecule has 0 amide bonds. The van der Waals surface area contributed by atoms with Gasteiger partial charge in [0.2, 0.25) is 0 Å². The summed E-state index contributed by atoms with van der Waals surface area (Å²) in [5.74, 6) is -0.234. The molecule has 0 aliphatic heterocycles. The van der Waals surface area contributed by atoms with Crippen molar-refractivity contribution in [3.8, 4) is 5.75 Å². The van der Waals surface area contributed by atoms with E-state index in [9.17, 15) is 9.90 Å². The highest BCUT2D eigenvalue weighted by Gasteiger charge is 2.20. The summed E-state index contributed by atoms with van der Waals surface area (Å²) in [6.07, 6.45) is 0. The summed E-state index contributed by atoms with van der Waals surface area (Å²) in [6.45, 7) is 2.29. The van der Waals surface area contributed by atoms with Gasteiger partial charge in [0.25, 0.3) is 0 Å². The van der Waals surface area contributed by atoms with Crippen molar-refractivity contribution in [1.82, 2.24) is 10.3 Å². The van der Waals surface area contributed by atoms with Crippen LogP contribution in [0.15, 0.2) is 12.1 Å². The molecule has 0 saturated carbocycles. The van der Waals surface area contributed by atoms with Crippen molar-refractivity contribution in [2.45, 2.75) is 13.5 Å². The average Bonchev–Trinajstić information content (AvgIpc) is 2.69. The third-order valence-corrected chi connectivity index (χ3v) is 2.98. The van der Waals surface area contributed by atoms with Gasteiger partial charge < -0.3 is 20.1 Å². The maximum Gasteiger partial charge on any atom is 0.340 e. The number of carbonyl (C=O) groups is 1. The molecule has 18 heavy (non-hydrogen) atoms. The molecular formula is C13H16N2O3. The number of ether oxygens (including phenoxy) is 1. The zero-order valence-electron chi connectivity index (χ0n) is 10.6. The van der Waals surface area contributed by atoms with Crippen molar-refractivity contribution < 1.29 is 14.6 Å². The number of methoxy groups -OCH3 is 1. The molecule has 96 valence electrons. The van der Waals surface area contributed by atoms with E-state index in [1.54, 1.807) is 19.2 Å². The van der Waals surface area contributed by atoms with E-state index in [-0.39, 0.29) is 5.75 Å². The predicted octanol–water partition coefficient (Wildman–Crippen LogP) is 1.69. The third-order valence-electron chi connectivity index (χ3n) is 2.98. The van der Waals surface area contributed by atoms with Crippen molar-refractivity contribution in [3.63, 3.8) is 0 Å². The van der Waals surface area contributed by atoms with Crippen LogP contribution < -0.4 is 5.32 Å². The molecule has 3 N–H and O–H groups in total. The Balaban J connectivity index is 2.80. The maximum atomic E-state index is 11.8. The molecule has 0 spiro atoms. The first kappa shape index (κ1) is 12.4. The fourth-order valence-electron chi connectivity index (χ4n) is 2.19. The van der Waals surface area contributed by atoms with Crippen LogP contribution in [0.3, 0.4) is 0 Å². The molecule has 1 aromatic carbocycles. The summed E-state index contributed by atoms with van der Waals surface area (Å²) >= 11 is 0. The van der Waals surface area contributed by atoms with Crippen molar-refractivity contribution in [2.24, 2.45) is 0 Å². The second-order valence-corrected chi connectivity index (χ2v) is 4.13. The first-order valence-electron chi connectivity index (χ1n) is 5.66. The van der Waals surface area contributed by atoms with Gasteiger partial charge in [-0.2, -0.15) is 0 Å². The van der Waals surface area contributed by atoms with Crippen LogP contribution >= 0.6 is 0 Å². The van der Waals surface area contributed by atoms with Gasteiger partial charge in [0, 0.05) is 28.7 Å². The highest BCUT2D eigenvalue weighted by Crippen LogP contribution is 2.31. The first-order chi connectivity index (χ1) is 8.60. The van der Waals surface area contributed by atoms with Gasteiger partial charge >= 0.3 is 5.97 Å². The highest BCUT2D eigenvalue weighted by molar-refractivity contribution is 6.07. The third kappa shape index (κ3) is 1.82. The van der Waals surface area contributed by atoms with Crippen LogP contribution in [0, 0.1) is 6.92 Å². The molecule has 2 rings (SSSR count). The van der Waals surface area contributed by atoms with E-state index < -0.39 is 5.97 Å². The Hall–Kier alpha value is -2.01. The molecule has 0 saturated heterocycles. The van der Waals surface area contributed by atoms with Crippen LogP contribution in [-0.4, -0.2) is 30.2 Å². The number of H-pyrrole nitrogens is 1. The molecule has 2 aromatic rings. The summed E-state index contributed by atoms with van der Waals surface area (Å²) in [5, 5.41) is 13.6. The fourth-order valence-corrected chi connectivity index (χ4v) is 2.19. The molecular weight excluding hydrogens is 232 g/mol. The predicted molar refractivity (Wildman–Crippen MR) is 68.8 cm³/mol. The van der Waals surface area contributed by atoms with Crippen LogP contribution in [0.25, 0.3) is 10.9 Å². The molecule has 1 aromatic heterocycles. The Labute approximate surface area is 105 Å². The minimum absolute atomic E-state index is 0.168. The number of carbonyl (C=O) groups excluding carboxylic acids is 1. The molecule has 5 nitrogen and oxygen atoms in total. The van der Waals surface area contributed by atoms with Crippen LogP contribution in [0.5, 0.6) is 5.75 Å². The van der Waals surface area contributed by atoms with Crippen molar-refractivity contribution >= 4 is 16.9 Å². The van der Waals surface area contributed by atoms with Crippen molar-refractivity contribution in [1.29, 1.82) is 0 Å². The topological polar surface area (TPSA) is 74.4 Å². The minimum Gasteiger partial charge on any atom is -0.508 e. The normalized spacial score (nSPS) is 10.8.